The number of hydrogen-bond acceptors (Lipinski definition) is 2. The molecule has 0 aromatic heterocycles. The molecule has 0 aromatic rings. The van der Waals surface area contributed by atoms with Crippen LogP contribution < -0.4 is 0 Å². The van der Waals surface area contributed by atoms with Crippen molar-refractivity contribution in [2.24, 2.45) is 5.41 Å². The molecule has 3 heteroatoms. The summed E-state index contributed by atoms with van der Waals surface area (Å²) in [6, 6.07) is 0. The second-order valence-corrected chi connectivity index (χ2v) is 11.3. The highest BCUT2D eigenvalue weighted by Crippen LogP contribution is 2.47. The fraction of sp³-hybridized carbons (Fsp3) is 1.00. The van der Waals surface area contributed by atoms with E-state index in [4.69, 9.17) is 9.26 Å². The van der Waals surface area contributed by atoms with E-state index < -0.39 is 7.49 Å². The summed E-state index contributed by atoms with van der Waals surface area (Å²) in [5.41, 5.74) is 0.391. The highest BCUT2D eigenvalue weighted by molar-refractivity contribution is 7.69. The summed E-state index contributed by atoms with van der Waals surface area (Å²) in [6.45, 7) is 14.8. The third-order valence-corrected chi connectivity index (χ3v) is 4.99. The van der Waals surface area contributed by atoms with Crippen LogP contribution in [0.1, 0.15) is 78.6 Å². The summed E-state index contributed by atoms with van der Waals surface area (Å²) in [7, 11) is -1.19. The molecule has 0 saturated carbocycles. The van der Waals surface area contributed by atoms with Crippen LogP contribution in [0.4, 0.5) is 0 Å². The molecule has 128 valence electrons. The molecule has 0 bridgehead atoms. The fourth-order valence-corrected chi connectivity index (χ4v) is 3.09. The minimum Gasteiger partial charge on any atom is -0.351 e. The molecule has 0 N–H and O–H groups in total. The Hall–Kier alpha value is 0.350. The molecule has 0 heterocycles. The zero-order chi connectivity index (χ0) is 16.2. The summed E-state index contributed by atoms with van der Waals surface area (Å²) in [5.74, 6) is 0. The van der Waals surface area contributed by atoms with Crippen LogP contribution in [-0.4, -0.2) is 33.4 Å². The summed E-state index contributed by atoms with van der Waals surface area (Å²) >= 11 is 0. The van der Waals surface area contributed by atoms with Gasteiger partial charge in [0.25, 0.3) is 0 Å². The lowest BCUT2D eigenvalue weighted by atomic mass is 9.75. The molecule has 0 aliphatic rings. The van der Waals surface area contributed by atoms with Crippen molar-refractivity contribution in [2.45, 2.75) is 78.6 Å². The Morgan fingerprint density at radius 1 is 0.762 bits per heavy atom. The molecule has 2 nitrogen and oxygen atoms in total. The van der Waals surface area contributed by atoms with Crippen molar-refractivity contribution in [1.82, 2.24) is 0 Å². The summed E-state index contributed by atoms with van der Waals surface area (Å²) < 4.78 is 11.8. The van der Waals surface area contributed by atoms with Gasteiger partial charge in [0, 0.05) is 0 Å². The molecule has 0 atom stereocenters. The zero-order valence-corrected chi connectivity index (χ0v) is 16.4. The Labute approximate surface area is 134 Å². The Morgan fingerprint density at radius 3 is 1.52 bits per heavy atom. The molecule has 0 rings (SSSR count). The Kier molecular flexibility index (Phi) is 12.1. The molecule has 0 unspecified atom stereocenters. The topological polar surface area (TPSA) is 18.5 Å². The van der Waals surface area contributed by atoms with E-state index in [1.165, 1.54) is 57.8 Å². The van der Waals surface area contributed by atoms with Crippen molar-refractivity contribution in [3.05, 3.63) is 0 Å². The molecule has 0 fully saturated rings. The lowest BCUT2D eigenvalue weighted by Crippen LogP contribution is -2.28. The van der Waals surface area contributed by atoms with E-state index in [1.54, 1.807) is 0 Å². The minimum atomic E-state index is -1.19. The van der Waals surface area contributed by atoms with Crippen LogP contribution in [0.15, 0.2) is 0 Å². The first-order valence-corrected chi connectivity index (χ1v) is 12.0. The molecule has 0 aliphatic heterocycles. The van der Waals surface area contributed by atoms with Gasteiger partial charge < -0.3 is 4.74 Å². The largest absolute Gasteiger partial charge is 0.351 e. The second-order valence-electron chi connectivity index (χ2n) is 7.30. The maximum absolute atomic E-state index is 5.97. The van der Waals surface area contributed by atoms with Crippen LogP contribution in [0.25, 0.3) is 0 Å². The summed E-state index contributed by atoms with van der Waals surface area (Å²) in [6.07, 6.45) is 11.8. The first kappa shape index (κ1) is 21.4. The third kappa shape index (κ3) is 11.6. The van der Waals surface area contributed by atoms with E-state index >= 15 is 0 Å². The van der Waals surface area contributed by atoms with Crippen LogP contribution in [-0.2, 0) is 9.26 Å². The second kappa shape index (κ2) is 11.9. The van der Waals surface area contributed by atoms with Gasteiger partial charge in [0.2, 0.25) is 0 Å². The molecule has 0 spiro atoms. The Balaban J connectivity index is 4.48. The average molecular weight is 319 g/mol. The van der Waals surface area contributed by atoms with E-state index in [1.807, 2.05) is 0 Å². The molecule has 21 heavy (non-hydrogen) atoms. The number of ether oxygens (including phenoxy) is 1. The zero-order valence-electron chi connectivity index (χ0n) is 15.5. The van der Waals surface area contributed by atoms with Gasteiger partial charge in [-0.1, -0.05) is 59.3 Å². The number of unbranched alkanes of at least 4 members (excludes halogenated alkanes) is 3. The number of rotatable bonds is 14. The highest BCUT2D eigenvalue weighted by Gasteiger charge is 2.29. The van der Waals surface area contributed by atoms with Crippen molar-refractivity contribution in [3.63, 3.8) is 0 Å². The van der Waals surface area contributed by atoms with Gasteiger partial charge in [0.05, 0.1) is 26.6 Å². The lowest BCUT2D eigenvalue weighted by Gasteiger charge is -2.34. The van der Waals surface area contributed by atoms with Crippen LogP contribution in [0.2, 0.25) is 0 Å². The Morgan fingerprint density at radius 2 is 1.19 bits per heavy atom. The van der Waals surface area contributed by atoms with Crippen LogP contribution in [0.5, 0.6) is 0 Å². The van der Waals surface area contributed by atoms with E-state index in [2.05, 4.69) is 40.8 Å². The third-order valence-electron chi connectivity index (χ3n) is 4.11. The summed E-state index contributed by atoms with van der Waals surface area (Å²) in [4.78, 5) is 0. The quantitative estimate of drug-likeness (QED) is 0.211. The molecular formula is C18H40O2P+. The standard InChI is InChI=1S/C18H40O2P/c1-7-10-13-18(14-11-8-2,15-12-9-3)16-19-17-20-21(4,5)6/h7-17H2,1-6H3/q+1. The van der Waals surface area contributed by atoms with Gasteiger partial charge in [0.15, 0.2) is 6.79 Å². The number of hydrogen-bond donors (Lipinski definition) is 0. The summed E-state index contributed by atoms with van der Waals surface area (Å²) in [5, 5.41) is 0. The van der Waals surface area contributed by atoms with Gasteiger partial charge in [-0.25, -0.2) is 4.52 Å². The van der Waals surface area contributed by atoms with Crippen molar-refractivity contribution >= 4 is 7.49 Å². The highest BCUT2D eigenvalue weighted by atomic mass is 31.2. The minimum absolute atomic E-state index is 0.391. The molecular weight excluding hydrogens is 279 g/mol. The van der Waals surface area contributed by atoms with Gasteiger partial charge in [0.1, 0.15) is 7.49 Å². The lowest BCUT2D eigenvalue weighted by molar-refractivity contribution is -0.0391. The van der Waals surface area contributed by atoms with Crippen LogP contribution in [0.3, 0.4) is 0 Å². The van der Waals surface area contributed by atoms with Gasteiger partial charge in [-0.2, -0.15) is 0 Å². The van der Waals surface area contributed by atoms with Crippen molar-refractivity contribution < 1.29 is 9.26 Å². The molecule has 0 aliphatic carbocycles. The molecule has 0 radical (unpaired) electrons. The van der Waals surface area contributed by atoms with Gasteiger partial charge in [-0.05, 0) is 24.7 Å². The smallest absolute Gasteiger partial charge is 0.188 e. The van der Waals surface area contributed by atoms with Gasteiger partial charge in [-0.3, -0.25) is 0 Å². The maximum atomic E-state index is 5.97. The van der Waals surface area contributed by atoms with Gasteiger partial charge >= 0.3 is 0 Å². The first-order valence-electron chi connectivity index (χ1n) is 8.93. The molecule has 0 saturated heterocycles. The van der Waals surface area contributed by atoms with E-state index in [9.17, 15) is 0 Å². The normalized spacial score (nSPS) is 12.9. The van der Waals surface area contributed by atoms with E-state index in [-0.39, 0.29) is 0 Å². The fourth-order valence-electron chi connectivity index (χ4n) is 2.70. The molecule has 0 aromatic carbocycles. The predicted octanol–water partition coefficient (Wildman–Crippen LogP) is 6.36. The van der Waals surface area contributed by atoms with Crippen molar-refractivity contribution in [1.29, 1.82) is 0 Å². The van der Waals surface area contributed by atoms with Crippen molar-refractivity contribution in [2.75, 3.05) is 33.4 Å². The van der Waals surface area contributed by atoms with Crippen LogP contribution in [0, 0.1) is 5.41 Å². The first-order chi connectivity index (χ1) is 9.89. The van der Waals surface area contributed by atoms with Gasteiger partial charge in [-0.15, -0.1) is 0 Å². The average Bonchev–Trinajstić information content (AvgIpc) is 2.43. The van der Waals surface area contributed by atoms with E-state index in [0.717, 1.165) is 6.61 Å². The predicted molar refractivity (Wildman–Crippen MR) is 97.6 cm³/mol. The molecule has 0 amide bonds. The SMILES string of the molecule is CCCCC(CCCC)(CCCC)COCO[P+](C)(C)C. The monoisotopic (exact) mass is 319 g/mol. The van der Waals surface area contributed by atoms with Crippen molar-refractivity contribution in [3.8, 4) is 0 Å². The Bertz CT molecular complexity index is 214. The van der Waals surface area contributed by atoms with E-state index in [0.29, 0.717) is 12.2 Å². The van der Waals surface area contributed by atoms with Crippen LogP contribution >= 0.6 is 7.49 Å². The maximum Gasteiger partial charge on any atom is 0.188 e.